The van der Waals surface area contributed by atoms with Crippen molar-refractivity contribution in [3.63, 3.8) is 0 Å². The van der Waals surface area contributed by atoms with Crippen molar-refractivity contribution in [2.45, 2.75) is 12.1 Å². The number of aromatic hydroxyl groups is 1. The molecular formula is C23H19ClN4O5. The fraction of sp³-hybridized carbons (Fsp3) is 0.174. The number of halogens is 1. The number of amides is 4. The molecule has 4 rings (SSSR count). The molecule has 0 radical (unpaired) electrons. The molecule has 2 aromatic carbocycles. The molecular weight excluding hydrogens is 448 g/mol. The van der Waals surface area contributed by atoms with Gasteiger partial charge in [-0.2, -0.15) is 0 Å². The zero-order valence-electron chi connectivity index (χ0n) is 17.7. The van der Waals surface area contributed by atoms with Gasteiger partial charge in [0.15, 0.2) is 5.88 Å². The second-order valence-corrected chi connectivity index (χ2v) is 7.78. The van der Waals surface area contributed by atoms with Crippen LogP contribution in [0.5, 0.6) is 11.6 Å². The van der Waals surface area contributed by atoms with Crippen LogP contribution in [0.4, 0.5) is 4.79 Å². The van der Waals surface area contributed by atoms with Gasteiger partial charge in [0.1, 0.15) is 5.75 Å². The number of nitrogens with zero attached hydrogens (tertiary/aromatic N) is 1. The summed E-state index contributed by atoms with van der Waals surface area (Å²) in [5, 5.41) is 19.5. The summed E-state index contributed by atoms with van der Waals surface area (Å²) in [5.74, 6) is 5.07. The minimum absolute atomic E-state index is 0.104. The van der Waals surface area contributed by atoms with Gasteiger partial charge >= 0.3 is 6.03 Å². The first-order valence-electron chi connectivity index (χ1n) is 9.80. The van der Waals surface area contributed by atoms with Crippen LogP contribution >= 0.6 is 11.6 Å². The summed E-state index contributed by atoms with van der Waals surface area (Å²) in [5.41, 5.74) is -1.01. The van der Waals surface area contributed by atoms with Gasteiger partial charge in [0.2, 0.25) is 5.54 Å². The monoisotopic (exact) mass is 466 g/mol. The molecule has 0 unspecified atom stereocenters. The van der Waals surface area contributed by atoms with E-state index in [1.807, 2.05) is 0 Å². The Morgan fingerprint density at radius 2 is 2.06 bits per heavy atom. The van der Waals surface area contributed by atoms with Crippen LogP contribution in [0.15, 0.2) is 42.6 Å². The maximum atomic E-state index is 12.7. The van der Waals surface area contributed by atoms with Crippen molar-refractivity contribution in [2.75, 3.05) is 14.2 Å². The third kappa shape index (κ3) is 4.04. The molecule has 1 atom stereocenters. The Kier molecular flexibility index (Phi) is 5.62. The number of hydrogen-bond acceptors (Lipinski definition) is 5. The highest BCUT2D eigenvalue weighted by molar-refractivity contribution is 6.33. The number of fused-ring (bicyclic) bond motifs is 1. The number of carbonyl (C=O) groups is 3. The smallest absolute Gasteiger partial charge is 0.323 e. The number of urea groups is 1. The maximum absolute atomic E-state index is 12.7. The second-order valence-electron chi connectivity index (χ2n) is 7.37. The Hall–Kier alpha value is -4.16. The van der Waals surface area contributed by atoms with E-state index in [2.05, 4.69) is 27.8 Å². The summed E-state index contributed by atoms with van der Waals surface area (Å²) in [7, 11) is 3.00. The average Bonchev–Trinajstić information content (AvgIpc) is 3.27. The van der Waals surface area contributed by atoms with Crippen molar-refractivity contribution >= 4 is 40.2 Å². The summed E-state index contributed by atoms with van der Waals surface area (Å²) in [6.45, 7) is -0.156. The number of methoxy groups -OCH3 is 1. The van der Waals surface area contributed by atoms with Crippen LogP contribution in [0.2, 0.25) is 5.02 Å². The lowest BCUT2D eigenvalue weighted by Gasteiger charge is -2.20. The number of imide groups is 1. The maximum Gasteiger partial charge on any atom is 0.323 e. The van der Waals surface area contributed by atoms with Gasteiger partial charge in [0.25, 0.3) is 11.8 Å². The lowest BCUT2D eigenvalue weighted by atomic mass is 9.99. The van der Waals surface area contributed by atoms with Crippen molar-refractivity contribution in [1.82, 2.24) is 20.5 Å². The minimum atomic E-state index is -1.65. The van der Waals surface area contributed by atoms with Crippen molar-refractivity contribution in [3.8, 4) is 23.5 Å². The van der Waals surface area contributed by atoms with Gasteiger partial charge in [-0.1, -0.05) is 23.4 Å². The highest BCUT2D eigenvalue weighted by Gasteiger charge is 2.46. The predicted octanol–water partition coefficient (Wildman–Crippen LogP) is 2.00. The summed E-state index contributed by atoms with van der Waals surface area (Å²) < 4.78 is 6.63. The van der Waals surface area contributed by atoms with Gasteiger partial charge in [-0.25, -0.2) is 4.79 Å². The van der Waals surface area contributed by atoms with Crippen LogP contribution in [0.25, 0.3) is 10.8 Å². The second kappa shape index (κ2) is 8.41. The SMILES string of the molecule is CNC(=O)c1cc(C#C[C@]2(Cn3cc4ccc(OC)cc4c3O)NC(=O)NC2=O)ccc1Cl. The Balaban J connectivity index is 1.75. The van der Waals surface area contributed by atoms with E-state index in [0.29, 0.717) is 22.1 Å². The van der Waals surface area contributed by atoms with Gasteiger partial charge in [-0.05, 0) is 36.4 Å². The van der Waals surface area contributed by atoms with E-state index in [1.165, 1.54) is 30.9 Å². The van der Waals surface area contributed by atoms with Crippen LogP contribution < -0.4 is 20.7 Å². The molecule has 3 aromatic rings. The molecule has 1 aromatic heterocycles. The molecule has 33 heavy (non-hydrogen) atoms. The molecule has 10 heteroatoms. The fourth-order valence-corrected chi connectivity index (χ4v) is 3.75. The van der Waals surface area contributed by atoms with Crippen LogP contribution in [0.1, 0.15) is 15.9 Å². The molecule has 1 aliphatic rings. The van der Waals surface area contributed by atoms with Gasteiger partial charge in [-0.3, -0.25) is 14.9 Å². The Morgan fingerprint density at radius 1 is 1.27 bits per heavy atom. The highest BCUT2D eigenvalue weighted by atomic mass is 35.5. The first-order valence-corrected chi connectivity index (χ1v) is 10.2. The first-order chi connectivity index (χ1) is 15.8. The van der Waals surface area contributed by atoms with Crippen LogP contribution in [-0.4, -0.2) is 47.2 Å². The minimum Gasteiger partial charge on any atom is -0.497 e. The molecule has 0 spiro atoms. The average molecular weight is 467 g/mol. The Labute approximate surface area is 193 Å². The van der Waals surface area contributed by atoms with E-state index >= 15 is 0 Å². The first kappa shape index (κ1) is 22.0. The summed E-state index contributed by atoms with van der Waals surface area (Å²) in [4.78, 5) is 36.7. The van der Waals surface area contributed by atoms with Crippen LogP contribution in [0.3, 0.4) is 0 Å². The molecule has 0 bridgehead atoms. The number of benzene rings is 2. The van der Waals surface area contributed by atoms with Gasteiger partial charge in [-0.15, -0.1) is 0 Å². The summed E-state index contributed by atoms with van der Waals surface area (Å²) in [6.07, 6.45) is 1.65. The fourth-order valence-electron chi connectivity index (χ4n) is 3.55. The predicted molar refractivity (Wildman–Crippen MR) is 121 cm³/mol. The number of carbonyl (C=O) groups excluding carboxylic acids is 3. The van der Waals surface area contributed by atoms with E-state index in [1.54, 1.807) is 30.5 Å². The van der Waals surface area contributed by atoms with E-state index in [0.717, 1.165) is 0 Å². The summed E-state index contributed by atoms with van der Waals surface area (Å²) in [6, 6.07) is 9.09. The standard InChI is InChI=1S/C23H19ClN4O5/c1-25-19(29)17-9-13(3-6-18(17)24)7-8-23(21(31)26-22(32)27-23)12-28-11-14-4-5-15(33-2)10-16(14)20(28)30/h3-6,9-11,30H,12H2,1-2H3,(H,25,29)(H2,26,27,31,32)/t23-/m1/s1. The van der Waals surface area contributed by atoms with Crippen molar-refractivity contribution in [3.05, 3.63) is 58.7 Å². The molecule has 1 fully saturated rings. The molecule has 1 aliphatic heterocycles. The summed E-state index contributed by atoms with van der Waals surface area (Å²) >= 11 is 6.08. The van der Waals surface area contributed by atoms with Crippen LogP contribution in [-0.2, 0) is 11.3 Å². The van der Waals surface area contributed by atoms with Crippen LogP contribution in [0, 0.1) is 11.8 Å². The zero-order chi connectivity index (χ0) is 23.8. The highest BCUT2D eigenvalue weighted by Crippen LogP contribution is 2.32. The normalized spacial score (nSPS) is 17.2. The third-order valence-electron chi connectivity index (χ3n) is 5.28. The molecule has 0 aliphatic carbocycles. The lowest BCUT2D eigenvalue weighted by Crippen LogP contribution is -2.49. The van der Waals surface area contributed by atoms with Crippen molar-refractivity contribution in [2.24, 2.45) is 0 Å². The number of ether oxygens (including phenoxy) is 1. The number of rotatable bonds is 4. The van der Waals surface area contributed by atoms with E-state index in [4.69, 9.17) is 16.3 Å². The molecule has 1 saturated heterocycles. The molecule has 4 amide bonds. The molecule has 4 N–H and O–H groups in total. The van der Waals surface area contributed by atoms with E-state index in [-0.39, 0.29) is 28.9 Å². The molecule has 0 saturated carbocycles. The number of nitrogens with one attached hydrogen (secondary N) is 3. The molecule has 9 nitrogen and oxygen atoms in total. The van der Waals surface area contributed by atoms with Crippen molar-refractivity contribution in [1.29, 1.82) is 0 Å². The Bertz CT molecular complexity index is 1370. The van der Waals surface area contributed by atoms with E-state index < -0.39 is 17.5 Å². The number of aromatic nitrogens is 1. The Morgan fingerprint density at radius 3 is 2.73 bits per heavy atom. The molecule has 168 valence electrons. The third-order valence-corrected chi connectivity index (χ3v) is 5.61. The van der Waals surface area contributed by atoms with Gasteiger partial charge in [0, 0.05) is 29.6 Å². The lowest BCUT2D eigenvalue weighted by molar-refractivity contribution is -0.122. The van der Waals surface area contributed by atoms with Crippen molar-refractivity contribution < 1.29 is 24.2 Å². The van der Waals surface area contributed by atoms with Gasteiger partial charge in [0.05, 0.1) is 24.2 Å². The quantitative estimate of drug-likeness (QED) is 0.346. The van der Waals surface area contributed by atoms with Gasteiger partial charge < -0.3 is 25.0 Å². The number of hydrogen-bond donors (Lipinski definition) is 4. The molecule has 2 heterocycles. The van der Waals surface area contributed by atoms with E-state index in [9.17, 15) is 19.5 Å². The zero-order valence-corrected chi connectivity index (χ0v) is 18.4. The largest absolute Gasteiger partial charge is 0.497 e. The topological polar surface area (TPSA) is 122 Å².